The highest BCUT2D eigenvalue weighted by Gasteiger charge is 2.45. The lowest BCUT2D eigenvalue weighted by Crippen LogP contribution is -2.36. The number of hydrogen-bond donors (Lipinski definition) is 3. The monoisotopic (exact) mass is 442 g/mol. The molecule has 3 N–H and O–H groups in total. The van der Waals surface area contributed by atoms with E-state index in [1.807, 2.05) is 0 Å². The molecule has 9 heteroatoms. The molecule has 0 bridgehead atoms. The number of rotatable bonds is 4. The molecule has 3 aromatic carbocycles. The number of hydrogen-bond acceptors (Lipinski definition) is 5. The van der Waals surface area contributed by atoms with Gasteiger partial charge >= 0.3 is 6.18 Å². The van der Waals surface area contributed by atoms with Crippen molar-refractivity contribution in [3.8, 4) is 11.5 Å². The predicted molar refractivity (Wildman–Crippen MR) is 110 cm³/mol. The van der Waals surface area contributed by atoms with E-state index in [9.17, 15) is 23.1 Å². The fraction of sp³-hybridized carbons (Fsp3) is 0.174. The average molecular weight is 442 g/mol. The fourth-order valence-electron chi connectivity index (χ4n) is 3.85. The van der Waals surface area contributed by atoms with Crippen LogP contribution in [0.3, 0.4) is 0 Å². The molecule has 32 heavy (non-hydrogen) atoms. The van der Waals surface area contributed by atoms with Crippen LogP contribution in [0.5, 0.6) is 11.5 Å². The Balaban J connectivity index is 1.41. The van der Waals surface area contributed by atoms with Gasteiger partial charge in [-0.3, -0.25) is 4.79 Å². The largest absolute Gasteiger partial charge is 0.454 e. The number of carbonyl (C=O) groups excluding carboxylic acids is 1. The first kappa shape index (κ1) is 20.2. The smallest absolute Gasteiger partial charge is 0.416 e. The van der Waals surface area contributed by atoms with E-state index in [1.165, 1.54) is 12.1 Å². The molecule has 1 amide bonds. The fourth-order valence-corrected chi connectivity index (χ4v) is 3.85. The van der Waals surface area contributed by atoms with Crippen LogP contribution >= 0.6 is 0 Å². The molecular weight excluding hydrogens is 425 g/mol. The summed E-state index contributed by atoms with van der Waals surface area (Å²) < 4.78 is 49.0. The summed E-state index contributed by atoms with van der Waals surface area (Å²) in [6.45, 7) is 0.116. The Hall–Kier alpha value is -3.72. The standard InChI is InChI=1S/C23H17F3N2O4/c24-23(25,26)14-2-4-15(5-3-14)27-16-6-7-18-17(10-16)22(30,21(29)28-18)11-13-1-8-19-20(9-13)32-12-31-19/h1-10,27,30H,11-12H2,(H,28,29). The molecule has 0 spiro atoms. The molecule has 2 aliphatic rings. The van der Waals surface area contributed by atoms with Crippen LogP contribution in [-0.2, 0) is 23.0 Å². The van der Waals surface area contributed by atoms with Crippen LogP contribution in [0.15, 0.2) is 60.7 Å². The van der Waals surface area contributed by atoms with Gasteiger partial charge in [-0.05, 0) is 60.2 Å². The topological polar surface area (TPSA) is 79.8 Å². The zero-order chi connectivity index (χ0) is 22.5. The number of alkyl halides is 3. The minimum absolute atomic E-state index is 0.00616. The van der Waals surface area contributed by atoms with Crippen molar-refractivity contribution < 1.29 is 32.5 Å². The molecule has 0 aliphatic carbocycles. The van der Waals surface area contributed by atoms with Crippen molar-refractivity contribution in [3.05, 3.63) is 77.4 Å². The van der Waals surface area contributed by atoms with Crippen molar-refractivity contribution in [2.45, 2.75) is 18.2 Å². The van der Waals surface area contributed by atoms with Crippen molar-refractivity contribution in [3.63, 3.8) is 0 Å². The molecule has 0 aromatic heterocycles. The van der Waals surface area contributed by atoms with Crippen molar-refractivity contribution in [2.75, 3.05) is 17.4 Å². The van der Waals surface area contributed by atoms with E-state index in [0.717, 1.165) is 12.1 Å². The Labute approximate surface area is 180 Å². The first-order valence-corrected chi connectivity index (χ1v) is 9.73. The normalized spacial score (nSPS) is 18.9. The summed E-state index contributed by atoms with van der Waals surface area (Å²) in [6, 6.07) is 14.7. The van der Waals surface area contributed by atoms with Gasteiger partial charge in [0.05, 0.1) is 5.56 Å². The molecule has 3 aromatic rings. The van der Waals surface area contributed by atoms with Gasteiger partial charge in [0, 0.05) is 29.0 Å². The number of benzene rings is 3. The number of amides is 1. The van der Waals surface area contributed by atoms with E-state index in [-0.39, 0.29) is 13.2 Å². The minimum atomic E-state index is -4.41. The van der Waals surface area contributed by atoms with Gasteiger partial charge in [0.15, 0.2) is 17.1 Å². The number of fused-ring (bicyclic) bond motifs is 2. The number of nitrogens with one attached hydrogen (secondary N) is 2. The van der Waals surface area contributed by atoms with Crippen LogP contribution in [0.25, 0.3) is 0 Å². The summed E-state index contributed by atoms with van der Waals surface area (Å²) >= 11 is 0. The van der Waals surface area contributed by atoms with Crippen LogP contribution < -0.4 is 20.1 Å². The van der Waals surface area contributed by atoms with Gasteiger partial charge in [-0.25, -0.2) is 0 Å². The molecule has 0 saturated heterocycles. The highest BCUT2D eigenvalue weighted by atomic mass is 19.4. The van der Waals surface area contributed by atoms with Gasteiger partial charge in [0.25, 0.3) is 5.91 Å². The van der Waals surface area contributed by atoms with Crippen molar-refractivity contribution in [2.24, 2.45) is 0 Å². The lowest BCUT2D eigenvalue weighted by molar-refractivity contribution is -0.137. The molecule has 0 fully saturated rings. The molecule has 164 valence electrons. The Morgan fingerprint density at radius 3 is 2.44 bits per heavy atom. The number of aliphatic hydroxyl groups is 1. The Bertz CT molecular complexity index is 1210. The first-order chi connectivity index (χ1) is 15.2. The van der Waals surface area contributed by atoms with Gasteiger partial charge < -0.3 is 25.2 Å². The average Bonchev–Trinajstić information content (AvgIpc) is 3.30. The Morgan fingerprint density at radius 2 is 1.69 bits per heavy atom. The third kappa shape index (κ3) is 3.50. The third-order valence-corrected chi connectivity index (χ3v) is 5.49. The van der Waals surface area contributed by atoms with Crippen LogP contribution in [-0.4, -0.2) is 17.8 Å². The van der Waals surface area contributed by atoms with E-state index < -0.39 is 23.2 Å². The molecule has 2 heterocycles. The third-order valence-electron chi connectivity index (χ3n) is 5.49. The predicted octanol–water partition coefficient (Wildman–Crippen LogP) is 4.56. The lowest BCUT2D eigenvalue weighted by Gasteiger charge is -2.22. The maximum atomic E-state index is 12.8. The minimum Gasteiger partial charge on any atom is -0.454 e. The number of carbonyl (C=O) groups is 1. The van der Waals surface area contributed by atoms with Gasteiger partial charge in [-0.2, -0.15) is 13.2 Å². The lowest BCUT2D eigenvalue weighted by atomic mass is 9.88. The highest BCUT2D eigenvalue weighted by Crippen LogP contribution is 2.42. The van der Waals surface area contributed by atoms with Gasteiger partial charge in [0.2, 0.25) is 6.79 Å². The molecule has 0 saturated carbocycles. The zero-order valence-electron chi connectivity index (χ0n) is 16.5. The van der Waals surface area contributed by atoms with Gasteiger partial charge in [-0.15, -0.1) is 0 Å². The number of ether oxygens (including phenoxy) is 2. The maximum Gasteiger partial charge on any atom is 0.416 e. The summed E-state index contributed by atoms with van der Waals surface area (Å²) in [5.74, 6) is 0.583. The Morgan fingerprint density at radius 1 is 0.969 bits per heavy atom. The second kappa shape index (κ2) is 7.16. The summed E-state index contributed by atoms with van der Waals surface area (Å²) in [7, 11) is 0. The van der Waals surface area contributed by atoms with Crippen molar-refractivity contribution in [1.82, 2.24) is 0 Å². The van der Waals surface area contributed by atoms with Crippen LogP contribution in [0.2, 0.25) is 0 Å². The summed E-state index contributed by atoms with van der Waals surface area (Å²) in [4.78, 5) is 12.6. The molecule has 2 aliphatic heterocycles. The second-order valence-corrected chi connectivity index (χ2v) is 7.64. The summed E-state index contributed by atoms with van der Waals surface area (Å²) in [6.07, 6.45) is -4.41. The Kier molecular flexibility index (Phi) is 4.52. The van der Waals surface area contributed by atoms with Crippen molar-refractivity contribution in [1.29, 1.82) is 0 Å². The molecule has 5 rings (SSSR count). The van der Waals surface area contributed by atoms with Crippen LogP contribution in [0.1, 0.15) is 16.7 Å². The van der Waals surface area contributed by atoms with E-state index in [2.05, 4.69) is 10.6 Å². The van der Waals surface area contributed by atoms with Crippen LogP contribution in [0.4, 0.5) is 30.2 Å². The molecule has 1 unspecified atom stereocenters. The van der Waals surface area contributed by atoms with E-state index in [0.29, 0.717) is 39.7 Å². The first-order valence-electron chi connectivity index (χ1n) is 9.73. The van der Waals surface area contributed by atoms with Crippen LogP contribution in [0, 0.1) is 0 Å². The molecular formula is C23H17F3N2O4. The number of halogens is 3. The molecule has 1 atom stereocenters. The van der Waals surface area contributed by atoms with E-state index in [4.69, 9.17) is 9.47 Å². The van der Waals surface area contributed by atoms with Gasteiger partial charge in [0.1, 0.15) is 0 Å². The highest BCUT2D eigenvalue weighted by molar-refractivity contribution is 6.05. The zero-order valence-corrected chi connectivity index (χ0v) is 16.5. The molecule has 6 nitrogen and oxygen atoms in total. The second-order valence-electron chi connectivity index (χ2n) is 7.64. The van der Waals surface area contributed by atoms with Crippen molar-refractivity contribution >= 4 is 23.0 Å². The SMILES string of the molecule is O=C1Nc2ccc(Nc3ccc(C(F)(F)F)cc3)cc2C1(O)Cc1ccc2c(c1)OCO2. The quantitative estimate of drug-likeness (QED) is 0.552. The maximum absolute atomic E-state index is 12.8. The van der Waals surface area contributed by atoms with Gasteiger partial charge in [-0.1, -0.05) is 6.07 Å². The summed E-state index contributed by atoms with van der Waals surface area (Å²) in [5.41, 5.74) is -0.0846. The summed E-state index contributed by atoms with van der Waals surface area (Å²) in [5, 5.41) is 17.0. The molecule has 0 radical (unpaired) electrons. The number of anilines is 3. The van der Waals surface area contributed by atoms with E-state index in [1.54, 1.807) is 36.4 Å². The van der Waals surface area contributed by atoms with E-state index >= 15 is 0 Å².